The third-order valence-electron chi connectivity index (χ3n) is 2.10. The second kappa shape index (κ2) is 1.35. The van der Waals surface area contributed by atoms with E-state index in [1.165, 1.54) is 6.42 Å². The molecule has 3 atom stereocenters. The summed E-state index contributed by atoms with van der Waals surface area (Å²) in [5, 5.41) is 9.02. The Bertz CT molecular complexity index is 128. The topological polar surface area (TPSA) is 20.2 Å². The highest BCUT2D eigenvalue weighted by atomic mass is 16.3. The van der Waals surface area contributed by atoms with Gasteiger partial charge in [-0.05, 0) is 24.7 Å². The molecule has 0 aliphatic heterocycles. The van der Waals surface area contributed by atoms with Gasteiger partial charge in [-0.25, -0.2) is 0 Å². The summed E-state index contributed by atoms with van der Waals surface area (Å²) < 4.78 is 0. The fourth-order valence-electron chi connectivity index (χ4n) is 1.44. The standard InChI is InChI=1S/C7H10O/c8-7-2-1-5-3-6(5)4-7/h1-2,5-8H,3-4H2. The van der Waals surface area contributed by atoms with E-state index in [1.54, 1.807) is 0 Å². The zero-order valence-electron chi connectivity index (χ0n) is 4.75. The Morgan fingerprint density at radius 1 is 1.25 bits per heavy atom. The fraction of sp³-hybridized carbons (Fsp3) is 0.714. The lowest BCUT2D eigenvalue weighted by atomic mass is 10.1. The van der Waals surface area contributed by atoms with Crippen molar-refractivity contribution in [2.24, 2.45) is 11.8 Å². The molecule has 44 valence electrons. The molecule has 0 amide bonds. The molecule has 0 aromatic heterocycles. The summed E-state index contributed by atoms with van der Waals surface area (Å²) in [6.07, 6.45) is 6.29. The Kier molecular flexibility index (Phi) is 0.770. The van der Waals surface area contributed by atoms with Crippen LogP contribution >= 0.6 is 0 Å². The van der Waals surface area contributed by atoms with Gasteiger partial charge in [-0.1, -0.05) is 12.2 Å². The molecule has 0 spiro atoms. The van der Waals surface area contributed by atoms with Crippen molar-refractivity contribution in [1.82, 2.24) is 0 Å². The molecule has 1 fully saturated rings. The van der Waals surface area contributed by atoms with E-state index in [1.807, 2.05) is 6.08 Å². The first-order chi connectivity index (χ1) is 3.86. The van der Waals surface area contributed by atoms with Crippen LogP contribution in [-0.2, 0) is 0 Å². The molecular weight excluding hydrogens is 100 g/mol. The smallest absolute Gasteiger partial charge is 0.0723 e. The van der Waals surface area contributed by atoms with Crippen LogP contribution in [0.2, 0.25) is 0 Å². The normalized spacial score (nSPS) is 50.9. The van der Waals surface area contributed by atoms with Crippen molar-refractivity contribution in [3.05, 3.63) is 12.2 Å². The van der Waals surface area contributed by atoms with Crippen LogP contribution in [0.4, 0.5) is 0 Å². The zero-order chi connectivity index (χ0) is 5.56. The predicted molar refractivity (Wildman–Crippen MR) is 31.4 cm³/mol. The second-order valence-corrected chi connectivity index (χ2v) is 2.85. The lowest BCUT2D eigenvalue weighted by Crippen LogP contribution is -2.06. The van der Waals surface area contributed by atoms with Gasteiger partial charge in [0.15, 0.2) is 0 Å². The van der Waals surface area contributed by atoms with Crippen molar-refractivity contribution in [3.63, 3.8) is 0 Å². The number of aliphatic hydroxyl groups is 1. The molecule has 1 nitrogen and oxygen atoms in total. The highest BCUT2D eigenvalue weighted by Crippen LogP contribution is 2.45. The van der Waals surface area contributed by atoms with Crippen LogP contribution in [-0.4, -0.2) is 11.2 Å². The minimum atomic E-state index is -0.126. The lowest BCUT2D eigenvalue weighted by Gasteiger charge is -2.07. The molecule has 0 radical (unpaired) electrons. The van der Waals surface area contributed by atoms with E-state index in [-0.39, 0.29) is 6.10 Å². The Morgan fingerprint density at radius 3 is 2.75 bits per heavy atom. The van der Waals surface area contributed by atoms with E-state index in [2.05, 4.69) is 6.08 Å². The molecule has 1 N–H and O–H groups in total. The van der Waals surface area contributed by atoms with Crippen LogP contribution in [0.25, 0.3) is 0 Å². The maximum absolute atomic E-state index is 9.02. The summed E-state index contributed by atoms with van der Waals surface area (Å²) in [6.45, 7) is 0. The number of rotatable bonds is 0. The first-order valence-electron chi connectivity index (χ1n) is 3.22. The van der Waals surface area contributed by atoms with Crippen molar-refractivity contribution in [1.29, 1.82) is 0 Å². The van der Waals surface area contributed by atoms with Crippen LogP contribution in [0, 0.1) is 11.8 Å². The van der Waals surface area contributed by atoms with Crippen molar-refractivity contribution in [2.45, 2.75) is 18.9 Å². The lowest BCUT2D eigenvalue weighted by molar-refractivity contribution is 0.198. The van der Waals surface area contributed by atoms with E-state index in [0.29, 0.717) is 0 Å². The van der Waals surface area contributed by atoms with E-state index < -0.39 is 0 Å². The predicted octanol–water partition coefficient (Wildman–Crippen LogP) is 0.943. The summed E-state index contributed by atoms with van der Waals surface area (Å²) in [5.41, 5.74) is 0. The molecule has 0 aromatic rings. The average molecular weight is 110 g/mol. The van der Waals surface area contributed by atoms with Gasteiger partial charge in [0, 0.05) is 0 Å². The van der Waals surface area contributed by atoms with E-state index >= 15 is 0 Å². The number of allylic oxidation sites excluding steroid dienone is 1. The van der Waals surface area contributed by atoms with Crippen LogP contribution in [0.5, 0.6) is 0 Å². The molecule has 0 heterocycles. The largest absolute Gasteiger partial charge is 0.389 e. The van der Waals surface area contributed by atoms with Crippen LogP contribution in [0.15, 0.2) is 12.2 Å². The summed E-state index contributed by atoms with van der Waals surface area (Å²) in [7, 11) is 0. The van der Waals surface area contributed by atoms with Gasteiger partial charge in [-0.15, -0.1) is 0 Å². The average Bonchev–Trinajstić information content (AvgIpc) is 2.43. The molecule has 0 aromatic carbocycles. The molecule has 8 heavy (non-hydrogen) atoms. The second-order valence-electron chi connectivity index (χ2n) is 2.85. The summed E-state index contributed by atoms with van der Waals surface area (Å²) in [4.78, 5) is 0. The Labute approximate surface area is 49.0 Å². The highest BCUT2D eigenvalue weighted by Gasteiger charge is 2.38. The molecule has 0 saturated heterocycles. The summed E-state index contributed by atoms with van der Waals surface area (Å²) in [6, 6.07) is 0. The molecule has 0 bridgehead atoms. The Morgan fingerprint density at radius 2 is 2.12 bits per heavy atom. The highest BCUT2D eigenvalue weighted by molar-refractivity contribution is 5.10. The van der Waals surface area contributed by atoms with E-state index in [9.17, 15) is 0 Å². The maximum Gasteiger partial charge on any atom is 0.0723 e. The number of fused-ring (bicyclic) bond motifs is 1. The minimum Gasteiger partial charge on any atom is -0.389 e. The number of hydrogen-bond acceptors (Lipinski definition) is 1. The molecule has 3 unspecified atom stereocenters. The SMILES string of the molecule is OC1C=CC2CC2C1. The van der Waals surface area contributed by atoms with Crippen LogP contribution < -0.4 is 0 Å². The van der Waals surface area contributed by atoms with Crippen LogP contribution in [0.1, 0.15) is 12.8 Å². The quantitative estimate of drug-likeness (QED) is 0.460. The fourth-order valence-corrected chi connectivity index (χ4v) is 1.44. The van der Waals surface area contributed by atoms with Gasteiger partial charge < -0.3 is 5.11 Å². The van der Waals surface area contributed by atoms with E-state index in [4.69, 9.17) is 5.11 Å². The van der Waals surface area contributed by atoms with Crippen molar-refractivity contribution in [2.75, 3.05) is 0 Å². The van der Waals surface area contributed by atoms with Gasteiger partial charge in [-0.3, -0.25) is 0 Å². The Hall–Kier alpha value is -0.300. The zero-order valence-corrected chi connectivity index (χ0v) is 4.75. The van der Waals surface area contributed by atoms with Crippen molar-refractivity contribution >= 4 is 0 Å². The molecule has 1 saturated carbocycles. The maximum atomic E-state index is 9.02. The van der Waals surface area contributed by atoms with Gasteiger partial charge >= 0.3 is 0 Å². The molecule has 2 aliphatic carbocycles. The monoisotopic (exact) mass is 110 g/mol. The van der Waals surface area contributed by atoms with Gasteiger partial charge in [-0.2, -0.15) is 0 Å². The number of hydrogen-bond donors (Lipinski definition) is 1. The van der Waals surface area contributed by atoms with Gasteiger partial charge in [0.1, 0.15) is 0 Å². The number of aliphatic hydroxyl groups excluding tert-OH is 1. The van der Waals surface area contributed by atoms with E-state index in [0.717, 1.165) is 18.3 Å². The molecular formula is C7H10O. The summed E-state index contributed by atoms with van der Waals surface area (Å²) in [5.74, 6) is 1.69. The van der Waals surface area contributed by atoms with Gasteiger partial charge in [0.05, 0.1) is 6.10 Å². The van der Waals surface area contributed by atoms with Crippen LogP contribution in [0.3, 0.4) is 0 Å². The molecule has 1 heteroatoms. The third kappa shape index (κ3) is 0.583. The Balaban J connectivity index is 2.11. The molecule has 2 rings (SSSR count). The van der Waals surface area contributed by atoms with Crippen molar-refractivity contribution in [3.8, 4) is 0 Å². The first kappa shape index (κ1) is 4.57. The minimum absolute atomic E-state index is 0.126. The van der Waals surface area contributed by atoms with Gasteiger partial charge in [0.2, 0.25) is 0 Å². The summed E-state index contributed by atoms with van der Waals surface area (Å²) >= 11 is 0. The third-order valence-corrected chi connectivity index (χ3v) is 2.10. The van der Waals surface area contributed by atoms with Crippen molar-refractivity contribution < 1.29 is 5.11 Å². The molecule has 2 aliphatic rings. The first-order valence-corrected chi connectivity index (χ1v) is 3.22. The van der Waals surface area contributed by atoms with Gasteiger partial charge in [0.25, 0.3) is 0 Å².